The smallest absolute Gasteiger partial charge is 0.306 e. The lowest BCUT2D eigenvalue weighted by Gasteiger charge is -2.23. The van der Waals surface area contributed by atoms with Crippen LogP contribution in [-0.4, -0.2) is 49.2 Å². The molecule has 0 rings (SSSR count). The first-order valence-electron chi connectivity index (χ1n) is 18.2. The standard InChI is InChI=1S/C39H69NO4/c1-5-9-11-13-15-17-19-21-23-25-27-29-31-33-39(42)44-37(34-35-40(7-3)8-4)36-43-38(41)32-30-28-26-24-22-20-18-16-14-12-10-6-2/h10-13,22-25,37H,5-9,14-21,26-36H2,1-4H3/b12-10-,13-11-,24-22-,25-23-/t37-/m0/s1. The molecule has 0 aliphatic rings. The van der Waals surface area contributed by atoms with Crippen molar-refractivity contribution >= 4 is 11.9 Å². The molecule has 0 aliphatic heterocycles. The van der Waals surface area contributed by atoms with Gasteiger partial charge >= 0.3 is 11.9 Å². The van der Waals surface area contributed by atoms with Crippen LogP contribution < -0.4 is 0 Å². The molecule has 0 aromatic carbocycles. The van der Waals surface area contributed by atoms with Gasteiger partial charge in [0.1, 0.15) is 12.7 Å². The summed E-state index contributed by atoms with van der Waals surface area (Å²) in [6, 6.07) is 0. The van der Waals surface area contributed by atoms with Crippen molar-refractivity contribution in [3.05, 3.63) is 48.6 Å². The molecule has 44 heavy (non-hydrogen) atoms. The number of unbranched alkanes of at least 4 members (excludes halogenated alkanes) is 11. The highest BCUT2D eigenvalue weighted by atomic mass is 16.6. The molecule has 254 valence electrons. The normalized spacial score (nSPS) is 12.8. The Morgan fingerprint density at radius 3 is 1.45 bits per heavy atom. The first-order valence-corrected chi connectivity index (χ1v) is 18.2. The largest absolute Gasteiger partial charge is 0.462 e. The van der Waals surface area contributed by atoms with E-state index in [2.05, 4.69) is 81.2 Å². The summed E-state index contributed by atoms with van der Waals surface area (Å²) in [4.78, 5) is 27.2. The van der Waals surface area contributed by atoms with Gasteiger partial charge in [0.15, 0.2) is 0 Å². The van der Waals surface area contributed by atoms with Crippen LogP contribution in [-0.2, 0) is 19.1 Å². The molecule has 0 aromatic heterocycles. The zero-order chi connectivity index (χ0) is 32.4. The van der Waals surface area contributed by atoms with Gasteiger partial charge in [-0.05, 0) is 116 Å². The van der Waals surface area contributed by atoms with E-state index in [1.165, 1.54) is 51.4 Å². The van der Waals surface area contributed by atoms with E-state index >= 15 is 0 Å². The van der Waals surface area contributed by atoms with Crippen molar-refractivity contribution in [2.75, 3.05) is 26.2 Å². The number of esters is 2. The Morgan fingerprint density at radius 2 is 1.00 bits per heavy atom. The Labute approximate surface area is 272 Å². The number of hydrogen-bond donors (Lipinski definition) is 0. The minimum atomic E-state index is -0.385. The van der Waals surface area contributed by atoms with E-state index in [1.807, 2.05) is 0 Å². The highest BCUT2D eigenvalue weighted by Crippen LogP contribution is 2.11. The van der Waals surface area contributed by atoms with Crippen LogP contribution in [0.1, 0.15) is 156 Å². The summed E-state index contributed by atoms with van der Waals surface area (Å²) in [6.45, 7) is 11.5. The molecule has 0 aromatic rings. The van der Waals surface area contributed by atoms with E-state index in [0.29, 0.717) is 19.3 Å². The molecule has 0 saturated heterocycles. The van der Waals surface area contributed by atoms with Crippen molar-refractivity contribution in [1.29, 1.82) is 0 Å². The van der Waals surface area contributed by atoms with Crippen LogP contribution in [0.25, 0.3) is 0 Å². The van der Waals surface area contributed by atoms with Crippen molar-refractivity contribution in [2.45, 2.75) is 162 Å². The zero-order valence-corrected chi connectivity index (χ0v) is 29.2. The Morgan fingerprint density at radius 1 is 0.568 bits per heavy atom. The molecule has 1 atom stereocenters. The molecule has 5 nitrogen and oxygen atoms in total. The molecule has 0 fully saturated rings. The van der Waals surface area contributed by atoms with Crippen molar-refractivity contribution in [3.63, 3.8) is 0 Å². The quantitative estimate of drug-likeness (QED) is 0.0441. The number of allylic oxidation sites excluding steroid dienone is 8. The monoisotopic (exact) mass is 616 g/mol. The summed E-state index contributed by atoms with van der Waals surface area (Å²) in [7, 11) is 0. The summed E-state index contributed by atoms with van der Waals surface area (Å²) in [5.41, 5.74) is 0. The van der Waals surface area contributed by atoms with Crippen LogP contribution in [0, 0.1) is 0 Å². The molecular weight excluding hydrogens is 546 g/mol. The fourth-order valence-corrected chi connectivity index (χ4v) is 4.82. The summed E-state index contributed by atoms with van der Waals surface area (Å²) >= 11 is 0. The summed E-state index contributed by atoms with van der Waals surface area (Å²) in [5, 5.41) is 0. The highest BCUT2D eigenvalue weighted by Gasteiger charge is 2.18. The average Bonchev–Trinajstić information content (AvgIpc) is 3.02. The molecule has 0 aliphatic carbocycles. The molecule has 0 bridgehead atoms. The third-order valence-corrected chi connectivity index (χ3v) is 7.73. The van der Waals surface area contributed by atoms with E-state index in [1.54, 1.807) is 0 Å². The number of ether oxygens (including phenoxy) is 2. The Kier molecular flexibility index (Phi) is 32.1. The second-order valence-electron chi connectivity index (χ2n) is 11.8. The van der Waals surface area contributed by atoms with E-state index in [4.69, 9.17) is 9.47 Å². The van der Waals surface area contributed by atoms with Crippen LogP contribution in [0.2, 0.25) is 0 Å². The van der Waals surface area contributed by atoms with Gasteiger partial charge in [-0.1, -0.05) is 82.7 Å². The van der Waals surface area contributed by atoms with Crippen LogP contribution >= 0.6 is 0 Å². The summed E-state index contributed by atoms with van der Waals surface area (Å²) in [6.07, 6.45) is 38.0. The van der Waals surface area contributed by atoms with Gasteiger partial charge in [-0.25, -0.2) is 0 Å². The fourth-order valence-electron chi connectivity index (χ4n) is 4.82. The predicted molar refractivity (Wildman–Crippen MR) is 189 cm³/mol. The van der Waals surface area contributed by atoms with Crippen LogP contribution in [0.15, 0.2) is 48.6 Å². The average molecular weight is 616 g/mol. The Bertz CT molecular complexity index is 766. The van der Waals surface area contributed by atoms with Crippen LogP contribution in [0.5, 0.6) is 0 Å². The van der Waals surface area contributed by atoms with E-state index < -0.39 is 0 Å². The molecule has 5 heteroatoms. The van der Waals surface area contributed by atoms with Gasteiger partial charge in [0.05, 0.1) is 0 Å². The maximum Gasteiger partial charge on any atom is 0.306 e. The minimum Gasteiger partial charge on any atom is -0.462 e. The molecule has 0 spiro atoms. The predicted octanol–water partition coefficient (Wildman–Crippen LogP) is 10.8. The topological polar surface area (TPSA) is 55.8 Å². The van der Waals surface area contributed by atoms with Gasteiger partial charge in [0.2, 0.25) is 0 Å². The van der Waals surface area contributed by atoms with Gasteiger partial charge in [-0.15, -0.1) is 0 Å². The summed E-state index contributed by atoms with van der Waals surface area (Å²) < 4.78 is 11.3. The SMILES string of the molecule is CC/C=C\CCCC/C=C\CCCCC(=O)OC[C@H](CCN(CC)CC)OC(=O)CCCC/C=C\CCCC/C=C\CCC. The van der Waals surface area contributed by atoms with Gasteiger partial charge < -0.3 is 14.4 Å². The number of carbonyl (C=O) groups is 2. The number of rotatable bonds is 31. The van der Waals surface area contributed by atoms with Crippen LogP contribution in [0.3, 0.4) is 0 Å². The van der Waals surface area contributed by atoms with Crippen molar-refractivity contribution < 1.29 is 19.1 Å². The van der Waals surface area contributed by atoms with Crippen LogP contribution in [0.4, 0.5) is 0 Å². The maximum atomic E-state index is 12.6. The zero-order valence-electron chi connectivity index (χ0n) is 29.2. The molecule has 0 radical (unpaired) electrons. The number of carbonyl (C=O) groups excluding carboxylic acids is 2. The van der Waals surface area contributed by atoms with Crippen molar-refractivity contribution in [2.24, 2.45) is 0 Å². The maximum absolute atomic E-state index is 12.6. The van der Waals surface area contributed by atoms with E-state index in [9.17, 15) is 9.59 Å². The van der Waals surface area contributed by atoms with Gasteiger partial charge in [-0.3, -0.25) is 9.59 Å². The second kappa shape index (κ2) is 33.7. The molecule has 0 unspecified atom stereocenters. The highest BCUT2D eigenvalue weighted by molar-refractivity contribution is 5.70. The summed E-state index contributed by atoms with van der Waals surface area (Å²) in [5.74, 6) is -0.382. The lowest BCUT2D eigenvalue weighted by Crippen LogP contribution is -2.32. The Hall–Kier alpha value is -2.14. The fraction of sp³-hybridized carbons (Fsp3) is 0.744. The lowest BCUT2D eigenvalue weighted by molar-refractivity contribution is -0.159. The minimum absolute atomic E-state index is 0.149. The molecule has 0 N–H and O–H groups in total. The van der Waals surface area contributed by atoms with E-state index in [-0.39, 0.29) is 24.6 Å². The third kappa shape index (κ3) is 29.9. The first kappa shape index (κ1) is 41.9. The third-order valence-electron chi connectivity index (χ3n) is 7.73. The first-order chi connectivity index (χ1) is 21.6. The molecular formula is C39H69NO4. The van der Waals surface area contributed by atoms with Crippen molar-refractivity contribution in [1.82, 2.24) is 4.90 Å². The molecule has 0 amide bonds. The molecule has 0 heterocycles. The van der Waals surface area contributed by atoms with Gasteiger partial charge in [0.25, 0.3) is 0 Å². The number of hydrogen-bond acceptors (Lipinski definition) is 5. The Balaban J connectivity index is 4.19. The lowest BCUT2D eigenvalue weighted by atomic mass is 10.1. The van der Waals surface area contributed by atoms with Crippen molar-refractivity contribution in [3.8, 4) is 0 Å². The van der Waals surface area contributed by atoms with Gasteiger partial charge in [-0.2, -0.15) is 0 Å². The molecule has 0 saturated carbocycles. The number of nitrogens with zero attached hydrogens (tertiary/aromatic N) is 1. The second-order valence-corrected chi connectivity index (χ2v) is 11.8. The van der Waals surface area contributed by atoms with E-state index in [0.717, 1.165) is 77.4 Å². The van der Waals surface area contributed by atoms with Gasteiger partial charge in [0, 0.05) is 25.8 Å².